The number of hydrogen-bond donors (Lipinski definition) is 1. The van der Waals surface area contributed by atoms with Crippen molar-refractivity contribution in [2.75, 3.05) is 25.9 Å². The standard InChI is InChI=1S/C13H18BrIN2O3S/c1-3-21(19,20)17(2)8-4-7-16-13(18)11-9-10(14)5-6-12(11)15/h5-6,9H,3-4,7-8H2,1-2H3,(H,16,18). The third-order valence-corrected chi connectivity index (χ3v) is 6.24. The van der Waals surface area contributed by atoms with Crippen LogP contribution in [0.2, 0.25) is 0 Å². The molecule has 0 aliphatic carbocycles. The van der Waals surface area contributed by atoms with Crippen LogP contribution < -0.4 is 5.32 Å². The van der Waals surface area contributed by atoms with Crippen molar-refractivity contribution in [2.24, 2.45) is 0 Å². The van der Waals surface area contributed by atoms with Crippen molar-refractivity contribution < 1.29 is 13.2 Å². The molecule has 0 atom stereocenters. The average molecular weight is 489 g/mol. The van der Waals surface area contributed by atoms with E-state index in [1.165, 1.54) is 4.31 Å². The lowest BCUT2D eigenvalue weighted by atomic mass is 10.2. The van der Waals surface area contributed by atoms with E-state index in [4.69, 9.17) is 0 Å². The van der Waals surface area contributed by atoms with Crippen LogP contribution in [0.3, 0.4) is 0 Å². The highest BCUT2D eigenvalue weighted by atomic mass is 127. The van der Waals surface area contributed by atoms with Gasteiger partial charge in [-0.25, -0.2) is 12.7 Å². The Bertz CT molecular complexity index is 607. The largest absolute Gasteiger partial charge is 0.352 e. The van der Waals surface area contributed by atoms with Crippen molar-refractivity contribution in [1.29, 1.82) is 0 Å². The highest BCUT2D eigenvalue weighted by Gasteiger charge is 2.14. The molecular formula is C13H18BrIN2O3S. The Balaban J connectivity index is 2.46. The summed E-state index contributed by atoms with van der Waals surface area (Å²) in [5.74, 6) is -0.0618. The maximum absolute atomic E-state index is 12.0. The Kier molecular flexibility index (Phi) is 7.58. The molecule has 0 aromatic heterocycles. The van der Waals surface area contributed by atoms with Crippen LogP contribution in [-0.4, -0.2) is 44.5 Å². The fourth-order valence-corrected chi connectivity index (χ4v) is 3.42. The highest BCUT2D eigenvalue weighted by molar-refractivity contribution is 14.1. The van der Waals surface area contributed by atoms with Crippen LogP contribution in [0.25, 0.3) is 0 Å². The first-order valence-corrected chi connectivity index (χ1v) is 9.93. The molecule has 5 nitrogen and oxygen atoms in total. The van der Waals surface area contributed by atoms with Crippen molar-refractivity contribution in [3.63, 3.8) is 0 Å². The van der Waals surface area contributed by atoms with Crippen LogP contribution in [0, 0.1) is 3.57 Å². The second-order valence-electron chi connectivity index (χ2n) is 4.46. The predicted octanol–water partition coefficient (Wildman–Crippen LogP) is 2.46. The highest BCUT2D eigenvalue weighted by Crippen LogP contribution is 2.18. The van der Waals surface area contributed by atoms with Gasteiger partial charge in [-0.05, 0) is 54.1 Å². The molecule has 0 saturated heterocycles. The predicted molar refractivity (Wildman–Crippen MR) is 95.9 cm³/mol. The van der Waals surface area contributed by atoms with E-state index in [9.17, 15) is 13.2 Å². The molecule has 1 amide bonds. The van der Waals surface area contributed by atoms with Gasteiger partial charge in [0.1, 0.15) is 0 Å². The molecule has 0 bridgehead atoms. The monoisotopic (exact) mass is 488 g/mol. The lowest BCUT2D eigenvalue weighted by Gasteiger charge is -2.16. The van der Waals surface area contributed by atoms with E-state index in [0.29, 0.717) is 25.1 Å². The fraction of sp³-hybridized carbons (Fsp3) is 0.462. The number of hydrogen-bond acceptors (Lipinski definition) is 3. The molecule has 118 valence electrons. The molecule has 1 aromatic carbocycles. The molecule has 0 aliphatic heterocycles. The third-order valence-electron chi connectivity index (χ3n) is 2.95. The van der Waals surface area contributed by atoms with Gasteiger partial charge in [0.25, 0.3) is 5.91 Å². The number of nitrogens with zero attached hydrogens (tertiary/aromatic N) is 1. The second kappa shape index (κ2) is 8.44. The van der Waals surface area contributed by atoms with Crippen molar-refractivity contribution in [3.05, 3.63) is 31.8 Å². The van der Waals surface area contributed by atoms with E-state index in [-0.39, 0.29) is 11.7 Å². The number of rotatable bonds is 7. The van der Waals surface area contributed by atoms with Crippen LogP contribution in [-0.2, 0) is 10.0 Å². The fourth-order valence-electron chi connectivity index (χ4n) is 1.63. The number of amides is 1. The molecule has 0 unspecified atom stereocenters. The third kappa shape index (κ3) is 5.84. The molecule has 0 heterocycles. The minimum Gasteiger partial charge on any atom is -0.352 e. The first-order valence-electron chi connectivity index (χ1n) is 6.45. The van der Waals surface area contributed by atoms with Gasteiger partial charge < -0.3 is 5.32 Å². The maximum atomic E-state index is 12.0. The molecule has 0 fully saturated rings. The van der Waals surface area contributed by atoms with Crippen LogP contribution in [0.4, 0.5) is 0 Å². The smallest absolute Gasteiger partial charge is 0.252 e. The lowest BCUT2D eigenvalue weighted by Crippen LogP contribution is -2.32. The molecule has 8 heteroatoms. The number of benzene rings is 1. The summed E-state index contributed by atoms with van der Waals surface area (Å²) in [5, 5.41) is 2.81. The summed E-state index contributed by atoms with van der Waals surface area (Å²) >= 11 is 5.45. The summed E-state index contributed by atoms with van der Waals surface area (Å²) < 4.78 is 26.2. The minimum atomic E-state index is -3.15. The minimum absolute atomic E-state index is 0.0894. The Morgan fingerprint density at radius 1 is 1.43 bits per heavy atom. The summed E-state index contributed by atoms with van der Waals surface area (Å²) in [6, 6.07) is 5.51. The van der Waals surface area contributed by atoms with Gasteiger partial charge in [-0.3, -0.25) is 4.79 Å². The normalized spacial score (nSPS) is 11.7. The van der Waals surface area contributed by atoms with Crippen molar-refractivity contribution >= 4 is 54.5 Å². The number of sulfonamides is 1. The molecule has 1 aromatic rings. The van der Waals surface area contributed by atoms with Crippen molar-refractivity contribution in [2.45, 2.75) is 13.3 Å². The summed E-state index contributed by atoms with van der Waals surface area (Å²) in [6.45, 7) is 2.44. The number of nitrogens with one attached hydrogen (secondary N) is 1. The quantitative estimate of drug-likeness (QED) is 0.473. The maximum Gasteiger partial charge on any atom is 0.252 e. The SMILES string of the molecule is CCS(=O)(=O)N(C)CCCNC(=O)c1cc(Br)ccc1I. The molecular weight excluding hydrogens is 471 g/mol. The first-order chi connectivity index (χ1) is 9.77. The zero-order chi connectivity index (χ0) is 16.0. The topological polar surface area (TPSA) is 66.5 Å². The molecule has 0 spiro atoms. The summed E-state index contributed by atoms with van der Waals surface area (Å²) in [5.41, 5.74) is 0.611. The molecule has 1 N–H and O–H groups in total. The Morgan fingerprint density at radius 2 is 2.10 bits per heavy atom. The Morgan fingerprint density at radius 3 is 2.71 bits per heavy atom. The van der Waals surface area contributed by atoms with Gasteiger partial charge in [-0.15, -0.1) is 0 Å². The molecule has 1 rings (SSSR count). The number of carbonyl (C=O) groups excluding carboxylic acids is 1. The first kappa shape index (κ1) is 18.9. The van der Waals surface area contributed by atoms with E-state index in [0.717, 1.165) is 8.04 Å². The van der Waals surface area contributed by atoms with Gasteiger partial charge in [0.05, 0.1) is 11.3 Å². The van der Waals surface area contributed by atoms with Gasteiger partial charge in [-0.1, -0.05) is 15.9 Å². The van der Waals surface area contributed by atoms with E-state index in [2.05, 4.69) is 43.8 Å². The van der Waals surface area contributed by atoms with Gasteiger partial charge >= 0.3 is 0 Å². The van der Waals surface area contributed by atoms with Crippen molar-refractivity contribution in [1.82, 2.24) is 9.62 Å². The number of halogens is 2. The second-order valence-corrected chi connectivity index (χ2v) is 8.90. The Hall–Kier alpha value is -0.190. The van der Waals surface area contributed by atoms with E-state index in [1.807, 2.05) is 12.1 Å². The zero-order valence-electron chi connectivity index (χ0n) is 11.9. The molecule has 0 radical (unpaired) electrons. The molecule has 0 saturated carbocycles. The average Bonchev–Trinajstić information content (AvgIpc) is 2.45. The van der Waals surface area contributed by atoms with Crippen LogP contribution >= 0.6 is 38.5 Å². The van der Waals surface area contributed by atoms with E-state index >= 15 is 0 Å². The summed E-state index contributed by atoms with van der Waals surface area (Å²) in [6.07, 6.45) is 0.575. The van der Waals surface area contributed by atoms with Gasteiger partial charge in [0, 0.05) is 28.2 Å². The lowest BCUT2D eigenvalue weighted by molar-refractivity contribution is 0.0952. The van der Waals surface area contributed by atoms with Gasteiger partial charge in [0.2, 0.25) is 10.0 Å². The Labute approximate surface area is 147 Å². The number of carbonyl (C=O) groups is 1. The van der Waals surface area contributed by atoms with E-state index in [1.54, 1.807) is 20.0 Å². The summed E-state index contributed by atoms with van der Waals surface area (Å²) in [4.78, 5) is 12.0. The zero-order valence-corrected chi connectivity index (χ0v) is 16.5. The molecule has 0 aliphatic rings. The van der Waals surface area contributed by atoms with E-state index < -0.39 is 10.0 Å². The van der Waals surface area contributed by atoms with Crippen LogP contribution in [0.15, 0.2) is 22.7 Å². The molecule has 21 heavy (non-hydrogen) atoms. The van der Waals surface area contributed by atoms with Crippen molar-refractivity contribution in [3.8, 4) is 0 Å². The van der Waals surface area contributed by atoms with Gasteiger partial charge in [0.15, 0.2) is 0 Å². The van der Waals surface area contributed by atoms with Gasteiger partial charge in [-0.2, -0.15) is 0 Å². The summed E-state index contributed by atoms with van der Waals surface area (Å²) in [7, 11) is -1.60. The van der Waals surface area contributed by atoms with Crippen LogP contribution in [0.1, 0.15) is 23.7 Å². The van der Waals surface area contributed by atoms with Crippen LogP contribution in [0.5, 0.6) is 0 Å².